The minimum Gasteiger partial charge on any atom is -0.456 e. The fraction of sp³-hybridized carbons (Fsp3) is 0.0541. The molecule has 0 N–H and O–H groups in total. The van der Waals surface area contributed by atoms with Crippen molar-refractivity contribution in [2.75, 3.05) is 0 Å². The average Bonchev–Trinajstić information content (AvgIpc) is 3.98. The average molecular weight is 1020 g/mol. The van der Waals surface area contributed by atoms with E-state index in [0.717, 1.165) is 111 Å². The van der Waals surface area contributed by atoms with Crippen LogP contribution in [0.3, 0.4) is 0 Å². The zero-order chi connectivity index (χ0) is 53.8. The molecule has 0 aliphatic rings. The van der Waals surface area contributed by atoms with E-state index in [1.807, 2.05) is 72.9 Å². The van der Waals surface area contributed by atoms with E-state index >= 15 is 0 Å². The first kappa shape index (κ1) is 49.8. The van der Waals surface area contributed by atoms with Crippen molar-refractivity contribution in [1.82, 2.24) is 15.0 Å². The lowest BCUT2D eigenvalue weighted by Gasteiger charge is -2.10. The number of allylic oxidation sites excluding steroid dienone is 4. The van der Waals surface area contributed by atoms with Gasteiger partial charge in [0.15, 0.2) is 17.5 Å². The Labute approximate surface area is 462 Å². The van der Waals surface area contributed by atoms with Crippen molar-refractivity contribution in [1.29, 1.82) is 0 Å². The van der Waals surface area contributed by atoms with E-state index in [1.54, 1.807) is 0 Å². The van der Waals surface area contributed by atoms with Crippen LogP contribution in [0, 0.1) is 13.8 Å². The second kappa shape index (κ2) is 21.9. The third-order valence-electron chi connectivity index (χ3n) is 14.9. The molecule has 2 aromatic heterocycles. The third-order valence-corrected chi connectivity index (χ3v) is 14.9. The molecule has 2 heterocycles. The lowest BCUT2D eigenvalue weighted by atomic mass is 9.95. The van der Waals surface area contributed by atoms with Gasteiger partial charge in [-0.05, 0) is 141 Å². The lowest BCUT2D eigenvalue weighted by Crippen LogP contribution is -2.00. The Morgan fingerprint density at radius 3 is 1.51 bits per heavy atom. The van der Waals surface area contributed by atoms with E-state index in [-0.39, 0.29) is 0 Å². The fourth-order valence-electron chi connectivity index (χ4n) is 10.3. The van der Waals surface area contributed by atoms with Crippen LogP contribution in [-0.2, 0) is 0 Å². The Kier molecular flexibility index (Phi) is 13.8. The number of nitrogens with zero attached hydrogens (tertiary/aromatic N) is 4. The number of aryl methyl sites for hydroxylation is 1. The van der Waals surface area contributed by atoms with Crippen LogP contribution >= 0.6 is 0 Å². The molecule has 12 aromatic rings. The largest absolute Gasteiger partial charge is 0.456 e. The molecule has 0 aliphatic carbocycles. The van der Waals surface area contributed by atoms with E-state index in [1.165, 1.54) is 22.3 Å². The highest BCUT2D eigenvalue weighted by molar-refractivity contribution is 6.13. The molecule has 0 saturated carbocycles. The molecule has 0 atom stereocenters. The van der Waals surface area contributed by atoms with Crippen LogP contribution in [0.5, 0.6) is 0 Å². The quantitative estimate of drug-likeness (QED) is 0.0853. The molecule has 378 valence electrons. The molecular formula is C74H56N4O. The number of hydrogen-bond acceptors (Lipinski definition) is 5. The summed E-state index contributed by atoms with van der Waals surface area (Å²) in [5, 5.41) is 2.13. The number of aliphatic imine (C=N–C) groups is 1. The molecule has 0 unspecified atom stereocenters. The van der Waals surface area contributed by atoms with Gasteiger partial charge in [0.1, 0.15) is 11.2 Å². The zero-order valence-corrected chi connectivity index (χ0v) is 44.7. The minimum absolute atomic E-state index is 0.613. The monoisotopic (exact) mass is 1020 g/mol. The van der Waals surface area contributed by atoms with E-state index in [0.29, 0.717) is 17.5 Å². The van der Waals surface area contributed by atoms with Crippen molar-refractivity contribution in [3.63, 3.8) is 0 Å². The van der Waals surface area contributed by atoms with Gasteiger partial charge in [0, 0.05) is 39.2 Å². The van der Waals surface area contributed by atoms with Crippen molar-refractivity contribution in [2.45, 2.75) is 27.7 Å². The summed E-state index contributed by atoms with van der Waals surface area (Å²) in [4.78, 5) is 19.7. The number of benzene rings is 10. The van der Waals surface area contributed by atoms with Crippen LogP contribution in [0.2, 0.25) is 0 Å². The van der Waals surface area contributed by atoms with Crippen LogP contribution in [0.4, 0.5) is 0 Å². The molecule has 0 radical (unpaired) electrons. The van der Waals surface area contributed by atoms with Crippen molar-refractivity contribution < 1.29 is 4.42 Å². The molecule has 5 nitrogen and oxygen atoms in total. The topological polar surface area (TPSA) is 64.2 Å². The van der Waals surface area contributed by atoms with Crippen LogP contribution in [-0.4, -0.2) is 21.2 Å². The summed E-state index contributed by atoms with van der Waals surface area (Å²) in [7, 11) is 0. The van der Waals surface area contributed by atoms with Gasteiger partial charge >= 0.3 is 0 Å². The SMILES string of the molecule is C=C(/N=C/C(C)=C/C=C(\C)c1cccc(C)c1C)c1cccc(-c2ccc(-c3ccc(-c4ccc(-c5ccc6oc7cccc(-c8cccc(-c9nc(-c%10ccccc%10)nc(-c%10ccccc%10)n9)c8)c7c6c5)cc4)cc3)cc2)c1. The fourth-order valence-corrected chi connectivity index (χ4v) is 10.3. The van der Waals surface area contributed by atoms with Gasteiger partial charge in [-0.3, -0.25) is 4.99 Å². The predicted octanol–water partition coefficient (Wildman–Crippen LogP) is 19.8. The summed E-state index contributed by atoms with van der Waals surface area (Å²) in [6.45, 7) is 12.9. The Morgan fingerprint density at radius 2 is 0.899 bits per heavy atom. The molecule has 0 fully saturated rings. The molecule has 0 bridgehead atoms. The highest BCUT2D eigenvalue weighted by Gasteiger charge is 2.17. The second-order valence-corrected chi connectivity index (χ2v) is 20.1. The first-order chi connectivity index (χ1) is 38.7. The van der Waals surface area contributed by atoms with Crippen molar-refractivity contribution in [3.8, 4) is 89.8 Å². The summed E-state index contributed by atoms with van der Waals surface area (Å²) in [6, 6.07) is 82.7. The van der Waals surface area contributed by atoms with Gasteiger partial charge in [-0.25, -0.2) is 15.0 Å². The molecule has 5 heteroatoms. The zero-order valence-electron chi connectivity index (χ0n) is 44.7. The maximum Gasteiger partial charge on any atom is 0.164 e. The number of rotatable bonds is 13. The normalized spacial score (nSPS) is 11.9. The standard InChI is InChI=1S/C74H56N4O/c1-48(28-29-50(3)66-25-12-16-49(2)51(66)4)47-75-52(5)61-21-13-22-62(44-61)57-38-34-55(35-39-57)53-30-32-54(33-31-53)56-36-40-58(41-37-56)63-42-43-69-68(46-63)71-67(26-15-27-70(71)79-69)64-23-14-24-65(45-64)74-77-72(59-17-8-6-9-18-59)76-73(78-74)60-19-10-7-11-20-60/h6-47H,5H2,1-4H3/b48-28+,50-29+,75-47+. The van der Waals surface area contributed by atoms with Gasteiger partial charge in [0.2, 0.25) is 0 Å². The first-order valence-electron chi connectivity index (χ1n) is 26.7. The number of furan rings is 1. The summed E-state index contributed by atoms with van der Waals surface area (Å²) in [5.74, 6) is 1.87. The lowest BCUT2D eigenvalue weighted by molar-refractivity contribution is 0.669. The number of hydrogen-bond donors (Lipinski definition) is 0. The summed E-state index contributed by atoms with van der Waals surface area (Å²) in [6.07, 6.45) is 6.17. The van der Waals surface area contributed by atoms with Gasteiger partial charge in [-0.15, -0.1) is 0 Å². The summed E-state index contributed by atoms with van der Waals surface area (Å²) in [5.41, 5.74) is 23.6. The maximum absolute atomic E-state index is 6.50. The van der Waals surface area contributed by atoms with Crippen LogP contribution in [0.15, 0.2) is 270 Å². The van der Waals surface area contributed by atoms with Gasteiger partial charge in [-0.1, -0.05) is 225 Å². The van der Waals surface area contributed by atoms with Gasteiger partial charge < -0.3 is 4.42 Å². The van der Waals surface area contributed by atoms with E-state index in [4.69, 9.17) is 24.4 Å². The minimum atomic E-state index is 0.613. The number of aromatic nitrogens is 3. The summed E-state index contributed by atoms with van der Waals surface area (Å²) >= 11 is 0. The molecule has 10 aromatic carbocycles. The molecule has 0 amide bonds. The molecular weight excluding hydrogens is 961 g/mol. The molecule has 0 spiro atoms. The van der Waals surface area contributed by atoms with Crippen LogP contribution < -0.4 is 0 Å². The predicted molar refractivity (Wildman–Crippen MR) is 331 cm³/mol. The second-order valence-electron chi connectivity index (χ2n) is 20.1. The van der Waals surface area contributed by atoms with E-state index < -0.39 is 0 Å². The number of fused-ring (bicyclic) bond motifs is 3. The Bertz CT molecular complexity index is 4260. The van der Waals surface area contributed by atoms with Gasteiger partial charge in [0.05, 0.1) is 5.70 Å². The highest BCUT2D eigenvalue weighted by Crippen LogP contribution is 2.40. The highest BCUT2D eigenvalue weighted by atomic mass is 16.3. The smallest absolute Gasteiger partial charge is 0.164 e. The third kappa shape index (κ3) is 10.6. The molecule has 0 aliphatic heterocycles. The van der Waals surface area contributed by atoms with Crippen molar-refractivity contribution in [3.05, 3.63) is 283 Å². The first-order valence-corrected chi connectivity index (χ1v) is 26.7. The van der Waals surface area contributed by atoms with Crippen molar-refractivity contribution in [2.24, 2.45) is 4.99 Å². The van der Waals surface area contributed by atoms with Gasteiger partial charge in [0.25, 0.3) is 0 Å². The molecule has 79 heavy (non-hydrogen) atoms. The Morgan fingerprint density at radius 1 is 0.418 bits per heavy atom. The van der Waals surface area contributed by atoms with Crippen LogP contribution in [0.1, 0.15) is 36.1 Å². The summed E-state index contributed by atoms with van der Waals surface area (Å²) < 4.78 is 6.50. The Balaban J connectivity index is 0.743. The van der Waals surface area contributed by atoms with E-state index in [9.17, 15) is 0 Å². The van der Waals surface area contributed by atoms with Crippen molar-refractivity contribution >= 4 is 39.4 Å². The molecule has 0 saturated heterocycles. The van der Waals surface area contributed by atoms with Crippen LogP contribution in [0.25, 0.3) is 123 Å². The van der Waals surface area contributed by atoms with Gasteiger partial charge in [-0.2, -0.15) is 0 Å². The van der Waals surface area contributed by atoms with E-state index in [2.05, 4.69) is 216 Å². The Hall–Kier alpha value is -10.1. The molecule has 12 rings (SSSR count). The maximum atomic E-state index is 6.50.